The van der Waals surface area contributed by atoms with Gasteiger partial charge >= 0.3 is 0 Å². The Morgan fingerprint density at radius 1 is 1.18 bits per heavy atom. The minimum atomic E-state index is -3.13. The van der Waals surface area contributed by atoms with Gasteiger partial charge in [0, 0.05) is 32.2 Å². The molecule has 2 atom stereocenters. The summed E-state index contributed by atoms with van der Waals surface area (Å²) in [6.07, 6.45) is 6.31. The number of piperazine rings is 1. The molecule has 1 aliphatic carbocycles. The maximum absolute atomic E-state index is 12.7. The van der Waals surface area contributed by atoms with E-state index in [-0.39, 0.29) is 12.1 Å². The average Bonchev–Trinajstić information content (AvgIpc) is 2.47. The van der Waals surface area contributed by atoms with Crippen molar-refractivity contribution in [1.29, 1.82) is 0 Å². The number of hydrogen-bond acceptors (Lipinski definition) is 4. The highest BCUT2D eigenvalue weighted by molar-refractivity contribution is 7.89. The minimum Gasteiger partial charge on any atom is -0.392 e. The van der Waals surface area contributed by atoms with Crippen molar-refractivity contribution in [2.24, 2.45) is 5.92 Å². The molecule has 6 heteroatoms. The number of hydrogen-bond donors (Lipinski definition) is 1. The van der Waals surface area contributed by atoms with E-state index in [1.54, 1.807) is 11.2 Å². The molecule has 1 aliphatic heterocycles. The highest BCUT2D eigenvalue weighted by Crippen LogP contribution is 2.26. The molecule has 1 heterocycles. The number of nitrogens with zero attached hydrogens (tertiary/aromatic N) is 2. The Morgan fingerprint density at radius 3 is 2.45 bits per heavy atom. The molecule has 0 aromatic heterocycles. The Balaban J connectivity index is 1.94. The second-order valence-electron chi connectivity index (χ2n) is 7.05. The van der Waals surface area contributed by atoms with Crippen molar-refractivity contribution in [3.05, 3.63) is 0 Å². The smallest absolute Gasteiger partial charge is 0.214 e. The molecule has 2 fully saturated rings. The van der Waals surface area contributed by atoms with Gasteiger partial charge in [0.1, 0.15) is 0 Å². The minimum absolute atomic E-state index is 0.226. The van der Waals surface area contributed by atoms with Crippen molar-refractivity contribution in [2.45, 2.75) is 64.5 Å². The van der Waals surface area contributed by atoms with Crippen molar-refractivity contribution < 1.29 is 13.5 Å². The van der Waals surface area contributed by atoms with Crippen LogP contribution in [0.2, 0.25) is 0 Å². The van der Waals surface area contributed by atoms with Crippen LogP contribution in [0.25, 0.3) is 0 Å². The van der Waals surface area contributed by atoms with Crippen LogP contribution >= 0.6 is 0 Å². The molecular weight excluding hydrogens is 300 g/mol. The number of sulfonamides is 1. The summed E-state index contributed by atoms with van der Waals surface area (Å²) in [5.41, 5.74) is 0. The molecule has 0 bridgehead atoms. The van der Waals surface area contributed by atoms with Crippen LogP contribution in [0.1, 0.15) is 52.4 Å². The summed E-state index contributed by atoms with van der Waals surface area (Å²) in [7, 11) is -3.13. The Morgan fingerprint density at radius 2 is 1.86 bits per heavy atom. The number of rotatable bonds is 6. The topological polar surface area (TPSA) is 60.9 Å². The predicted octanol–water partition coefficient (Wildman–Crippen LogP) is 1.67. The maximum Gasteiger partial charge on any atom is 0.214 e. The van der Waals surface area contributed by atoms with Crippen LogP contribution in [-0.4, -0.2) is 66.8 Å². The molecule has 2 aliphatic rings. The van der Waals surface area contributed by atoms with E-state index >= 15 is 0 Å². The third kappa shape index (κ3) is 4.91. The van der Waals surface area contributed by atoms with E-state index < -0.39 is 10.0 Å². The fourth-order valence-electron chi connectivity index (χ4n) is 3.84. The molecule has 1 N–H and O–H groups in total. The first kappa shape index (κ1) is 18.2. The van der Waals surface area contributed by atoms with Gasteiger partial charge < -0.3 is 5.11 Å². The molecule has 0 spiro atoms. The Bertz CT molecular complexity index is 433. The quantitative estimate of drug-likeness (QED) is 0.804. The lowest BCUT2D eigenvalue weighted by atomic mass is 9.91. The maximum atomic E-state index is 12.7. The summed E-state index contributed by atoms with van der Waals surface area (Å²) in [5, 5.41) is 9.59. The van der Waals surface area contributed by atoms with Gasteiger partial charge in [0.05, 0.1) is 11.9 Å². The fraction of sp³-hybridized carbons (Fsp3) is 1.00. The van der Waals surface area contributed by atoms with Crippen LogP contribution in [0.15, 0.2) is 0 Å². The lowest BCUT2D eigenvalue weighted by molar-refractivity contribution is 0.0612. The van der Waals surface area contributed by atoms with E-state index in [2.05, 4.69) is 11.8 Å². The largest absolute Gasteiger partial charge is 0.392 e. The second-order valence-corrected chi connectivity index (χ2v) is 9.06. The standard InChI is InChI=1S/C16H32N2O3S/c1-3-16-12-18(10-9-17(16)11-14(2)19)22(20,21)13-15-7-5-4-6-8-15/h14-16,19H,3-13H2,1-2H3/t14-,16-/m1/s1. The summed E-state index contributed by atoms with van der Waals surface area (Å²) < 4.78 is 27.1. The molecular formula is C16H32N2O3S. The van der Waals surface area contributed by atoms with E-state index in [4.69, 9.17) is 0 Å². The Kier molecular flexibility index (Phi) is 6.68. The van der Waals surface area contributed by atoms with Gasteiger partial charge in [-0.05, 0) is 32.1 Å². The van der Waals surface area contributed by atoms with Crippen LogP contribution in [0.4, 0.5) is 0 Å². The Hall–Kier alpha value is -0.170. The molecule has 2 rings (SSSR count). The summed E-state index contributed by atoms with van der Waals surface area (Å²) in [6, 6.07) is 0.226. The third-order valence-corrected chi connectivity index (χ3v) is 7.11. The van der Waals surface area contributed by atoms with Crippen LogP contribution in [0.5, 0.6) is 0 Å². The number of aliphatic hydroxyl groups is 1. The average molecular weight is 333 g/mol. The molecule has 130 valence electrons. The lowest BCUT2D eigenvalue weighted by Gasteiger charge is -2.41. The van der Waals surface area contributed by atoms with Crippen LogP contribution in [0, 0.1) is 5.92 Å². The molecule has 0 aromatic rings. The SMILES string of the molecule is CC[C@@H]1CN(S(=O)(=O)CC2CCCCC2)CCN1C[C@@H](C)O. The van der Waals surface area contributed by atoms with E-state index in [9.17, 15) is 13.5 Å². The predicted molar refractivity (Wildman–Crippen MR) is 89.3 cm³/mol. The summed E-state index contributed by atoms with van der Waals surface area (Å²) >= 11 is 0. The summed E-state index contributed by atoms with van der Waals surface area (Å²) in [4.78, 5) is 2.23. The van der Waals surface area contributed by atoms with Gasteiger partial charge in [-0.15, -0.1) is 0 Å². The zero-order valence-corrected chi connectivity index (χ0v) is 14.9. The lowest BCUT2D eigenvalue weighted by Crippen LogP contribution is -2.56. The van der Waals surface area contributed by atoms with E-state index in [0.717, 1.165) is 25.8 Å². The molecule has 1 saturated carbocycles. The van der Waals surface area contributed by atoms with Crippen molar-refractivity contribution in [3.63, 3.8) is 0 Å². The fourth-order valence-corrected chi connectivity index (χ4v) is 5.74. The first-order chi connectivity index (χ1) is 10.4. The van der Waals surface area contributed by atoms with Gasteiger partial charge in [-0.2, -0.15) is 4.31 Å². The first-order valence-electron chi connectivity index (χ1n) is 8.82. The van der Waals surface area contributed by atoms with Gasteiger partial charge in [0.15, 0.2) is 0 Å². The van der Waals surface area contributed by atoms with Crippen molar-refractivity contribution >= 4 is 10.0 Å². The van der Waals surface area contributed by atoms with Gasteiger partial charge in [0.2, 0.25) is 10.0 Å². The molecule has 0 unspecified atom stereocenters. The summed E-state index contributed by atoms with van der Waals surface area (Å²) in [6.45, 7) is 6.40. The monoisotopic (exact) mass is 332 g/mol. The van der Waals surface area contributed by atoms with Crippen molar-refractivity contribution in [1.82, 2.24) is 9.21 Å². The van der Waals surface area contributed by atoms with Crippen molar-refractivity contribution in [2.75, 3.05) is 31.9 Å². The van der Waals surface area contributed by atoms with Crippen molar-refractivity contribution in [3.8, 4) is 0 Å². The molecule has 0 radical (unpaired) electrons. The highest BCUT2D eigenvalue weighted by Gasteiger charge is 2.34. The molecule has 0 amide bonds. The number of β-amino-alcohol motifs (C(OH)–C–C–N with tert-alkyl or cyclic N) is 1. The van der Waals surface area contributed by atoms with Crippen LogP contribution in [-0.2, 0) is 10.0 Å². The molecule has 5 nitrogen and oxygen atoms in total. The van der Waals surface area contributed by atoms with E-state index in [1.807, 2.05) is 0 Å². The van der Waals surface area contributed by atoms with Gasteiger partial charge in [-0.1, -0.05) is 26.2 Å². The Labute approximate surface area is 135 Å². The van der Waals surface area contributed by atoms with Gasteiger partial charge in [0.25, 0.3) is 0 Å². The zero-order chi connectivity index (χ0) is 16.2. The number of aliphatic hydroxyl groups excluding tert-OH is 1. The molecule has 1 saturated heterocycles. The zero-order valence-electron chi connectivity index (χ0n) is 14.1. The molecule has 22 heavy (non-hydrogen) atoms. The van der Waals surface area contributed by atoms with Gasteiger partial charge in [-0.3, -0.25) is 4.90 Å². The van der Waals surface area contributed by atoms with E-state index in [0.29, 0.717) is 31.3 Å². The van der Waals surface area contributed by atoms with Crippen LogP contribution < -0.4 is 0 Å². The molecule has 0 aromatic carbocycles. The van der Waals surface area contributed by atoms with E-state index in [1.165, 1.54) is 19.3 Å². The highest BCUT2D eigenvalue weighted by atomic mass is 32.2. The summed E-state index contributed by atoms with van der Waals surface area (Å²) in [5.74, 6) is 0.689. The van der Waals surface area contributed by atoms with Gasteiger partial charge in [-0.25, -0.2) is 8.42 Å². The van der Waals surface area contributed by atoms with Crippen LogP contribution in [0.3, 0.4) is 0 Å². The third-order valence-electron chi connectivity index (χ3n) is 5.10. The normalized spacial score (nSPS) is 27.9. The first-order valence-corrected chi connectivity index (χ1v) is 10.4. The second kappa shape index (κ2) is 8.08.